The van der Waals surface area contributed by atoms with Crippen molar-refractivity contribution in [3.63, 3.8) is 0 Å². The van der Waals surface area contributed by atoms with E-state index in [1.807, 2.05) is 13.0 Å². The Bertz CT molecular complexity index is 429. The van der Waals surface area contributed by atoms with Crippen LogP contribution in [0.25, 0.3) is 0 Å². The van der Waals surface area contributed by atoms with Crippen LogP contribution in [0.3, 0.4) is 0 Å². The molecule has 0 radical (unpaired) electrons. The van der Waals surface area contributed by atoms with E-state index in [4.69, 9.17) is 0 Å². The number of aryl methyl sites for hydroxylation is 1. The summed E-state index contributed by atoms with van der Waals surface area (Å²) in [5.74, 6) is -0.125. The van der Waals surface area contributed by atoms with Crippen molar-refractivity contribution in [1.29, 1.82) is 0 Å². The molecule has 106 valence electrons. The van der Waals surface area contributed by atoms with E-state index in [-0.39, 0.29) is 5.82 Å². The summed E-state index contributed by atoms with van der Waals surface area (Å²) in [4.78, 5) is 0. The van der Waals surface area contributed by atoms with E-state index >= 15 is 0 Å². The lowest BCUT2D eigenvalue weighted by Gasteiger charge is -2.25. The molecule has 1 aliphatic rings. The van der Waals surface area contributed by atoms with Gasteiger partial charge in [0.25, 0.3) is 0 Å². The van der Waals surface area contributed by atoms with Gasteiger partial charge in [0.1, 0.15) is 5.82 Å². The van der Waals surface area contributed by atoms with Gasteiger partial charge in [-0.3, -0.25) is 0 Å². The summed E-state index contributed by atoms with van der Waals surface area (Å²) in [7, 11) is 0. The average molecular weight is 263 g/mol. The van der Waals surface area contributed by atoms with Crippen molar-refractivity contribution in [3.05, 3.63) is 35.1 Å². The molecule has 0 bridgehead atoms. The minimum Gasteiger partial charge on any atom is -0.314 e. The Morgan fingerprint density at radius 1 is 1.42 bits per heavy atom. The van der Waals surface area contributed by atoms with Crippen molar-refractivity contribution in [3.8, 4) is 0 Å². The molecule has 2 rings (SSSR count). The highest BCUT2D eigenvalue weighted by molar-refractivity contribution is 5.27. The molecule has 2 unspecified atom stereocenters. The maximum absolute atomic E-state index is 13.1. The molecule has 1 saturated carbocycles. The average Bonchev–Trinajstić information content (AvgIpc) is 2.72. The third-order valence-corrected chi connectivity index (χ3v) is 4.44. The van der Waals surface area contributed by atoms with Crippen molar-refractivity contribution < 1.29 is 4.39 Å². The van der Waals surface area contributed by atoms with Gasteiger partial charge in [0.05, 0.1) is 0 Å². The standard InChI is InChI=1S/C17H26FN/c1-4-9-19-16-7-8-17(3,12-16)11-14-5-6-15(18)10-13(14)2/h5-6,10,16,19H,4,7-9,11-12H2,1-3H3. The van der Waals surface area contributed by atoms with Crippen LogP contribution in [0.2, 0.25) is 0 Å². The van der Waals surface area contributed by atoms with Gasteiger partial charge in [0.15, 0.2) is 0 Å². The number of benzene rings is 1. The highest BCUT2D eigenvalue weighted by Crippen LogP contribution is 2.41. The van der Waals surface area contributed by atoms with Gasteiger partial charge in [-0.1, -0.05) is 19.9 Å². The van der Waals surface area contributed by atoms with E-state index in [2.05, 4.69) is 19.2 Å². The first kappa shape index (κ1) is 14.5. The summed E-state index contributed by atoms with van der Waals surface area (Å²) in [5.41, 5.74) is 2.76. The van der Waals surface area contributed by atoms with Crippen molar-refractivity contribution in [1.82, 2.24) is 5.32 Å². The molecule has 1 fully saturated rings. The zero-order valence-electron chi connectivity index (χ0n) is 12.4. The van der Waals surface area contributed by atoms with E-state index in [0.29, 0.717) is 11.5 Å². The van der Waals surface area contributed by atoms with Crippen LogP contribution in [0.4, 0.5) is 4.39 Å². The third-order valence-electron chi connectivity index (χ3n) is 4.44. The molecule has 0 heterocycles. The molecule has 2 atom stereocenters. The molecule has 1 aromatic rings. The van der Waals surface area contributed by atoms with Crippen molar-refractivity contribution in [2.75, 3.05) is 6.54 Å². The molecular formula is C17H26FN. The van der Waals surface area contributed by atoms with Crippen molar-refractivity contribution in [2.24, 2.45) is 5.41 Å². The Morgan fingerprint density at radius 2 is 2.21 bits per heavy atom. The topological polar surface area (TPSA) is 12.0 Å². The van der Waals surface area contributed by atoms with Crippen LogP contribution in [0, 0.1) is 18.2 Å². The lowest BCUT2D eigenvalue weighted by Crippen LogP contribution is -2.29. The monoisotopic (exact) mass is 263 g/mol. The number of rotatable bonds is 5. The first-order chi connectivity index (χ1) is 9.02. The zero-order chi connectivity index (χ0) is 13.9. The highest BCUT2D eigenvalue weighted by Gasteiger charge is 2.34. The lowest BCUT2D eigenvalue weighted by molar-refractivity contribution is 0.321. The van der Waals surface area contributed by atoms with Gasteiger partial charge in [-0.15, -0.1) is 0 Å². The maximum atomic E-state index is 13.1. The number of hydrogen-bond acceptors (Lipinski definition) is 1. The predicted molar refractivity (Wildman–Crippen MR) is 78.9 cm³/mol. The zero-order valence-corrected chi connectivity index (χ0v) is 12.4. The van der Waals surface area contributed by atoms with Gasteiger partial charge < -0.3 is 5.32 Å². The first-order valence-electron chi connectivity index (χ1n) is 7.51. The molecule has 19 heavy (non-hydrogen) atoms. The van der Waals surface area contributed by atoms with Crippen molar-refractivity contribution >= 4 is 0 Å². The van der Waals surface area contributed by atoms with E-state index in [9.17, 15) is 4.39 Å². The molecule has 1 N–H and O–H groups in total. The summed E-state index contributed by atoms with van der Waals surface area (Å²) >= 11 is 0. The van der Waals surface area contributed by atoms with Crippen LogP contribution < -0.4 is 5.32 Å². The molecule has 0 saturated heterocycles. The molecule has 0 aromatic heterocycles. The smallest absolute Gasteiger partial charge is 0.123 e. The second-order valence-corrected chi connectivity index (χ2v) is 6.45. The van der Waals surface area contributed by atoms with E-state index in [0.717, 1.165) is 18.5 Å². The quantitative estimate of drug-likeness (QED) is 0.838. The largest absolute Gasteiger partial charge is 0.314 e. The molecule has 1 aromatic carbocycles. The number of hydrogen-bond donors (Lipinski definition) is 1. The molecule has 0 aliphatic heterocycles. The van der Waals surface area contributed by atoms with E-state index in [1.165, 1.54) is 31.2 Å². The van der Waals surface area contributed by atoms with E-state index < -0.39 is 0 Å². The summed E-state index contributed by atoms with van der Waals surface area (Å²) in [6.45, 7) is 7.73. The minimum atomic E-state index is -0.125. The number of nitrogens with one attached hydrogen (secondary N) is 1. The van der Waals surface area contributed by atoms with Gasteiger partial charge in [-0.2, -0.15) is 0 Å². The van der Waals surface area contributed by atoms with Crippen LogP contribution in [-0.2, 0) is 6.42 Å². The van der Waals surface area contributed by atoms with Gasteiger partial charge in [0.2, 0.25) is 0 Å². The van der Waals surface area contributed by atoms with Crippen LogP contribution in [0.5, 0.6) is 0 Å². The number of halogens is 1. The van der Waals surface area contributed by atoms with Gasteiger partial charge in [0, 0.05) is 6.04 Å². The summed E-state index contributed by atoms with van der Waals surface area (Å²) in [5, 5.41) is 3.64. The fraction of sp³-hybridized carbons (Fsp3) is 0.647. The lowest BCUT2D eigenvalue weighted by atomic mass is 9.81. The van der Waals surface area contributed by atoms with E-state index in [1.54, 1.807) is 12.1 Å². The molecule has 2 heteroatoms. The molecule has 0 amide bonds. The fourth-order valence-corrected chi connectivity index (χ4v) is 3.32. The van der Waals surface area contributed by atoms with Gasteiger partial charge in [-0.25, -0.2) is 4.39 Å². The summed E-state index contributed by atoms with van der Waals surface area (Å²) in [6.07, 6.45) is 6.06. The van der Waals surface area contributed by atoms with Crippen LogP contribution in [0.15, 0.2) is 18.2 Å². The van der Waals surface area contributed by atoms with Crippen LogP contribution in [-0.4, -0.2) is 12.6 Å². The fourth-order valence-electron chi connectivity index (χ4n) is 3.32. The van der Waals surface area contributed by atoms with Crippen LogP contribution in [0.1, 0.15) is 50.7 Å². The predicted octanol–water partition coefficient (Wildman–Crippen LogP) is 4.24. The normalized spacial score (nSPS) is 26.8. The minimum absolute atomic E-state index is 0.125. The third kappa shape index (κ3) is 3.79. The highest BCUT2D eigenvalue weighted by atomic mass is 19.1. The second kappa shape index (κ2) is 6.04. The second-order valence-electron chi connectivity index (χ2n) is 6.45. The van der Waals surface area contributed by atoms with Gasteiger partial charge in [-0.05, 0) is 74.2 Å². The first-order valence-corrected chi connectivity index (χ1v) is 7.51. The molecule has 1 nitrogen and oxygen atoms in total. The van der Waals surface area contributed by atoms with Gasteiger partial charge >= 0.3 is 0 Å². The summed E-state index contributed by atoms with van der Waals surface area (Å²) < 4.78 is 13.1. The Balaban J connectivity index is 1.98. The molecule has 0 spiro atoms. The Hall–Kier alpha value is -0.890. The SMILES string of the molecule is CCCNC1CCC(C)(Cc2ccc(F)cc2C)C1. The molecular weight excluding hydrogens is 237 g/mol. The van der Waals surface area contributed by atoms with Crippen molar-refractivity contribution in [2.45, 2.75) is 58.9 Å². The maximum Gasteiger partial charge on any atom is 0.123 e. The van der Waals surface area contributed by atoms with Crippen LogP contribution >= 0.6 is 0 Å². The Kier molecular flexibility index (Phi) is 4.62. The Morgan fingerprint density at radius 3 is 2.89 bits per heavy atom. The summed E-state index contributed by atoms with van der Waals surface area (Å²) in [6, 6.07) is 5.88. The Labute approximate surface area is 116 Å². The molecule has 1 aliphatic carbocycles.